The Kier molecular flexibility index (Phi) is 7.20. The molecule has 2 aliphatic heterocycles. The molecule has 2 N–H and O–H groups in total. The number of nitrogens with zero attached hydrogens (tertiary/aromatic N) is 3. The van der Waals surface area contributed by atoms with Crippen LogP contribution in [-0.2, 0) is 22.6 Å². The Morgan fingerprint density at radius 1 is 1.08 bits per heavy atom. The van der Waals surface area contributed by atoms with Crippen LogP contribution < -0.4 is 10.7 Å². The Bertz CT molecular complexity index is 1210. The van der Waals surface area contributed by atoms with Crippen molar-refractivity contribution in [1.82, 2.24) is 15.6 Å². The highest BCUT2D eigenvalue weighted by Gasteiger charge is 2.48. The molecule has 0 saturated carbocycles. The van der Waals surface area contributed by atoms with Gasteiger partial charge in [-0.2, -0.15) is 36.7 Å². The van der Waals surface area contributed by atoms with E-state index in [1.807, 2.05) is 30.3 Å². The van der Waals surface area contributed by atoms with Gasteiger partial charge >= 0.3 is 12.4 Å². The van der Waals surface area contributed by atoms with Crippen molar-refractivity contribution in [2.24, 2.45) is 5.10 Å². The fourth-order valence-corrected chi connectivity index (χ4v) is 4.71. The maximum absolute atomic E-state index is 13.4. The average molecular weight is 538 g/mol. The van der Waals surface area contributed by atoms with Crippen LogP contribution in [0.2, 0.25) is 0 Å². The second-order valence-electron chi connectivity index (χ2n) is 9.41. The van der Waals surface area contributed by atoms with Gasteiger partial charge in [-0.05, 0) is 49.1 Å². The molecule has 1 unspecified atom stereocenters. The van der Waals surface area contributed by atoms with Gasteiger partial charge in [-0.25, -0.2) is 0 Å². The maximum atomic E-state index is 13.4. The summed E-state index contributed by atoms with van der Waals surface area (Å²) in [6.07, 6.45) is -8.77. The number of halogens is 6. The summed E-state index contributed by atoms with van der Waals surface area (Å²) in [5.74, 6) is 0.440. The molecule has 0 bridgehead atoms. The van der Waals surface area contributed by atoms with Gasteiger partial charge in [0.1, 0.15) is 17.7 Å². The van der Waals surface area contributed by atoms with E-state index >= 15 is 0 Å². The first kappa shape index (κ1) is 27.5. The normalized spacial score (nSPS) is 24.7. The monoisotopic (exact) mass is 537 g/mol. The third kappa shape index (κ3) is 5.35. The predicted octanol–water partition coefficient (Wildman–Crippen LogP) is 5.66. The molecule has 1 saturated heterocycles. The summed E-state index contributed by atoms with van der Waals surface area (Å²) in [6.45, 7) is 5.38. The molecule has 0 radical (unpaired) electrons. The molecule has 0 aromatic heterocycles. The number of hydrazone groups is 1. The Hall–Kier alpha value is -3.56. The number of piperidine rings is 1. The Morgan fingerprint density at radius 2 is 1.71 bits per heavy atom. The topological polar surface area (TPSA) is 72.7 Å². The zero-order chi connectivity index (χ0) is 27.8. The lowest BCUT2D eigenvalue weighted by Crippen LogP contribution is -2.63. The zero-order valence-electron chi connectivity index (χ0n) is 20.3. The number of nitrogens with one attached hydrogen (secondary N) is 2. The molecule has 0 aliphatic carbocycles. The smallest absolute Gasteiger partial charge is 0.372 e. The molecule has 6 nitrogen and oxygen atoms in total. The highest BCUT2D eigenvalue weighted by atomic mass is 19.4. The van der Waals surface area contributed by atoms with Crippen LogP contribution in [0.15, 0.2) is 66.0 Å². The second-order valence-corrected chi connectivity index (χ2v) is 9.41. The van der Waals surface area contributed by atoms with Crippen LogP contribution in [0.4, 0.5) is 26.3 Å². The lowest BCUT2D eigenvalue weighted by atomic mass is 9.76. The van der Waals surface area contributed by atoms with Gasteiger partial charge in [-0.1, -0.05) is 36.9 Å². The maximum Gasteiger partial charge on any atom is 0.416 e. The SMILES string of the molecule is C=C1NN=CN1[C@@]1(C#N)CC[C@](COC(C)c2cc(C(F)(F)F)cc(C(F)(F)F)c2)(c2ccccc2)NC1. The van der Waals surface area contributed by atoms with Crippen molar-refractivity contribution in [3.8, 4) is 6.07 Å². The number of hydrogen-bond donors (Lipinski definition) is 2. The quantitative estimate of drug-likeness (QED) is 0.465. The minimum Gasteiger partial charge on any atom is -0.372 e. The highest BCUT2D eigenvalue weighted by molar-refractivity contribution is 5.63. The number of ether oxygens (including phenoxy) is 1. The van der Waals surface area contributed by atoms with Crippen molar-refractivity contribution in [2.45, 2.75) is 49.3 Å². The van der Waals surface area contributed by atoms with E-state index in [1.165, 1.54) is 13.3 Å². The van der Waals surface area contributed by atoms with Gasteiger partial charge in [0, 0.05) is 6.54 Å². The first-order chi connectivity index (χ1) is 17.8. The molecule has 12 heteroatoms. The van der Waals surface area contributed by atoms with Crippen molar-refractivity contribution in [1.29, 1.82) is 5.26 Å². The van der Waals surface area contributed by atoms with E-state index in [0.717, 1.165) is 5.56 Å². The van der Waals surface area contributed by atoms with Gasteiger partial charge in [-0.3, -0.25) is 10.3 Å². The molecule has 2 aromatic rings. The summed E-state index contributed by atoms with van der Waals surface area (Å²) in [5.41, 5.74) is -1.38. The summed E-state index contributed by atoms with van der Waals surface area (Å²) in [6, 6.07) is 12.9. The summed E-state index contributed by atoms with van der Waals surface area (Å²) in [4.78, 5) is 1.64. The first-order valence-corrected chi connectivity index (χ1v) is 11.7. The zero-order valence-corrected chi connectivity index (χ0v) is 20.3. The van der Waals surface area contributed by atoms with Crippen molar-refractivity contribution in [3.63, 3.8) is 0 Å². The van der Waals surface area contributed by atoms with E-state index in [9.17, 15) is 31.6 Å². The van der Waals surface area contributed by atoms with Gasteiger partial charge in [-0.15, -0.1) is 0 Å². The van der Waals surface area contributed by atoms with E-state index < -0.39 is 40.7 Å². The third-order valence-electron chi connectivity index (χ3n) is 7.00. The molecule has 0 spiro atoms. The molecule has 38 heavy (non-hydrogen) atoms. The Morgan fingerprint density at radius 3 is 2.18 bits per heavy atom. The van der Waals surface area contributed by atoms with Crippen LogP contribution in [-0.4, -0.2) is 29.9 Å². The van der Waals surface area contributed by atoms with E-state index in [4.69, 9.17) is 4.74 Å². The van der Waals surface area contributed by atoms with Crippen LogP contribution in [0.5, 0.6) is 0 Å². The molecule has 3 atom stereocenters. The van der Waals surface area contributed by atoms with Crippen LogP contribution in [0.1, 0.15) is 48.1 Å². The van der Waals surface area contributed by atoms with E-state index in [1.54, 1.807) is 4.90 Å². The molecular weight excluding hydrogens is 512 g/mol. The molecule has 2 aromatic carbocycles. The second kappa shape index (κ2) is 9.96. The molecule has 0 amide bonds. The van der Waals surface area contributed by atoms with E-state index in [2.05, 4.69) is 28.5 Å². The van der Waals surface area contributed by atoms with E-state index in [0.29, 0.717) is 30.8 Å². The van der Waals surface area contributed by atoms with Crippen molar-refractivity contribution >= 4 is 6.34 Å². The van der Waals surface area contributed by atoms with E-state index in [-0.39, 0.29) is 24.8 Å². The minimum atomic E-state index is -4.95. The Balaban J connectivity index is 1.60. The standard InChI is InChI=1S/C26H25F6N5O/c1-17(19-10-21(25(27,28)29)12-22(11-19)26(30,31)32)38-15-24(20-6-4-3-5-7-20)9-8-23(13-33,14-34-24)37-16-35-36-18(37)2/h3-7,10-12,16-17,34,36H,2,8-9,14-15H2,1H3/t17?,23-,24+/m1/s1. The lowest BCUT2D eigenvalue weighted by Gasteiger charge is -2.47. The first-order valence-electron chi connectivity index (χ1n) is 11.7. The molecular formula is C26H25F6N5O. The number of nitriles is 1. The molecule has 202 valence electrons. The van der Waals surface area contributed by atoms with Crippen LogP contribution in [0.25, 0.3) is 0 Å². The van der Waals surface area contributed by atoms with Gasteiger partial charge < -0.3 is 10.1 Å². The van der Waals surface area contributed by atoms with Gasteiger partial charge in [0.25, 0.3) is 0 Å². The summed E-state index contributed by atoms with van der Waals surface area (Å²) >= 11 is 0. The summed E-state index contributed by atoms with van der Waals surface area (Å²) in [5, 5.41) is 17.4. The van der Waals surface area contributed by atoms with Crippen LogP contribution >= 0.6 is 0 Å². The molecule has 1 fully saturated rings. The van der Waals surface area contributed by atoms with Gasteiger partial charge in [0.2, 0.25) is 0 Å². The number of alkyl halides is 6. The fraction of sp³-hybridized carbons (Fsp3) is 0.385. The largest absolute Gasteiger partial charge is 0.416 e. The van der Waals surface area contributed by atoms with Crippen molar-refractivity contribution in [3.05, 3.63) is 83.2 Å². The number of benzene rings is 2. The minimum absolute atomic E-state index is 0.0649. The van der Waals surface area contributed by atoms with Gasteiger partial charge in [0.15, 0.2) is 0 Å². The summed E-state index contributed by atoms with van der Waals surface area (Å²) < 4.78 is 86.1. The highest BCUT2D eigenvalue weighted by Crippen LogP contribution is 2.40. The number of hydrogen-bond acceptors (Lipinski definition) is 6. The van der Waals surface area contributed by atoms with Crippen LogP contribution in [0.3, 0.4) is 0 Å². The van der Waals surface area contributed by atoms with Crippen molar-refractivity contribution < 1.29 is 31.1 Å². The number of rotatable bonds is 6. The van der Waals surface area contributed by atoms with Gasteiger partial charge in [0.05, 0.1) is 35.4 Å². The lowest BCUT2D eigenvalue weighted by molar-refractivity contribution is -0.143. The molecule has 2 aliphatic rings. The molecule has 4 rings (SSSR count). The summed E-state index contributed by atoms with van der Waals surface area (Å²) in [7, 11) is 0. The Labute approximate surface area is 215 Å². The predicted molar refractivity (Wildman–Crippen MR) is 127 cm³/mol. The van der Waals surface area contributed by atoms with Crippen LogP contribution in [0, 0.1) is 11.3 Å². The van der Waals surface area contributed by atoms with Crippen molar-refractivity contribution in [2.75, 3.05) is 13.2 Å². The molecule has 2 heterocycles. The fourth-order valence-electron chi connectivity index (χ4n) is 4.71. The third-order valence-corrected chi connectivity index (χ3v) is 7.00. The average Bonchev–Trinajstić information content (AvgIpc) is 3.33.